The zero-order valence-electron chi connectivity index (χ0n) is 37.9. The Kier molecular flexibility index (Phi) is 12.2. The molecule has 4 aliphatic heterocycles. The van der Waals surface area contributed by atoms with E-state index in [-0.39, 0.29) is 35.6 Å². The molecule has 3 fully saturated rings. The van der Waals surface area contributed by atoms with E-state index in [1.807, 2.05) is 4.90 Å². The molecule has 0 atom stereocenters. The number of ether oxygens (including phenoxy) is 1. The topological polar surface area (TPSA) is 149 Å². The molecule has 3 aromatic heterocycles. The Morgan fingerprint density at radius 2 is 1.68 bits per heavy atom. The van der Waals surface area contributed by atoms with Gasteiger partial charge in [-0.15, -0.1) is 0 Å². The van der Waals surface area contributed by atoms with Crippen LogP contribution in [0.4, 0.5) is 26.2 Å². The summed E-state index contributed by atoms with van der Waals surface area (Å²) in [7, 11) is 0. The van der Waals surface area contributed by atoms with Crippen LogP contribution < -0.4 is 19.9 Å². The molecule has 2 amide bonds. The van der Waals surface area contributed by atoms with Crippen LogP contribution in [0.2, 0.25) is 5.02 Å². The molecule has 9 rings (SSSR count). The maximum absolute atomic E-state index is 13.8. The molecule has 0 bridgehead atoms. The number of pyridine rings is 1. The minimum atomic E-state index is -2.61. The van der Waals surface area contributed by atoms with Crippen LogP contribution in [-0.4, -0.2) is 104 Å². The van der Waals surface area contributed by atoms with Gasteiger partial charge in [-0.25, -0.2) is 18.7 Å². The number of fused-ring (bicyclic) bond motifs is 2. The number of nitrogens with one attached hydrogen (secondary N) is 1. The van der Waals surface area contributed by atoms with Gasteiger partial charge in [-0.05, 0) is 62.6 Å². The zero-order chi connectivity index (χ0) is 45.8. The Morgan fingerprint density at radius 1 is 0.954 bits per heavy atom. The van der Waals surface area contributed by atoms with Gasteiger partial charge in [-0.1, -0.05) is 39.3 Å². The molecule has 344 valence electrons. The summed E-state index contributed by atoms with van der Waals surface area (Å²) in [6.45, 7) is 16.3. The lowest BCUT2D eigenvalue weighted by molar-refractivity contribution is -0.164. The van der Waals surface area contributed by atoms with Crippen molar-refractivity contribution < 1.29 is 23.1 Å². The van der Waals surface area contributed by atoms with Gasteiger partial charge in [0, 0.05) is 118 Å². The number of rotatable bonds is 10. The minimum absolute atomic E-state index is 0.0216. The molecule has 0 radical (unpaired) electrons. The summed E-state index contributed by atoms with van der Waals surface area (Å²) < 4.78 is 36.2. The predicted molar refractivity (Wildman–Crippen MR) is 243 cm³/mol. The lowest BCUT2D eigenvalue weighted by atomic mass is 9.49. The van der Waals surface area contributed by atoms with Crippen molar-refractivity contribution in [2.24, 2.45) is 16.7 Å². The minimum Gasteiger partial charge on any atom is -0.489 e. The first-order valence-corrected chi connectivity index (χ1v) is 23.4. The molecule has 4 aromatic rings. The second-order valence-electron chi connectivity index (χ2n) is 19.7. The van der Waals surface area contributed by atoms with Crippen molar-refractivity contribution in [2.45, 2.75) is 111 Å². The SMILES string of the molecule is CC(=O)N1CCc2c(c(N3CCCc4ncc(C(F)F)cc43)nn2C2CCN(CC3CCN(c4ncc(C(=O)NC5C(C)(C)C(Oc6ccc(C#N)c(Cl)c6)C5(C)C)cn4)CC3)CC2)C1. The van der Waals surface area contributed by atoms with Gasteiger partial charge in [0.15, 0.2) is 5.82 Å². The molecule has 1 N–H and O–H groups in total. The number of aromatic nitrogens is 5. The van der Waals surface area contributed by atoms with Crippen molar-refractivity contribution in [3.63, 3.8) is 0 Å². The van der Waals surface area contributed by atoms with E-state index in [2.05, 4.69) is 73.4 Å². The number of amides is 2. The van der Waals surface area contributed by atoms with E-state index < -0.39 is 17.3 Å². The maximum atomic E-state index is 13.8. The van der Waals surface area contributed by atoms with Gasteiger partial charge in [0.05, 0.1) is 40.1 Å². The number of likely N-dealkylation sites (tertiary alicyclic amines) is 1. The molecule has 65 heavy (non-hydrogen) atoms. The van der Waals surface area contributed by atoms with Gasteiger partial charge in [0.2, 0.25) is 11.9 Å². The van der Waals surface area contributed by atoms with E-state index >= 15 is 0 Å². The average molecular weight is 911 g/mol. The van der Waals surface area contributed by atoms with Gasteiger partial charge in [-0.2, -0.15) is 10.4 Å². The Labute approximate surface area is 384 Å². The van der Waals surface area contributed by atoms with Crippen molar-refractivity contribution in [1.29, 1.82) is 5.26 Å². The Morgan fingerprint density at radius 3 is 2.34 bits per heavy atom. The van der Waals surface area contributed by atoms with Gasteiger partial charge in [-0.3, -0.25) is 19.3 Å². The van der Waals surface area contributed by atoms with Crippen LogP contribution in [0.3, 0.4) is 0 Å². The van der Waals surface area contributed by atoms with E-state index in [9.17, 15) is 23.6 Å². The van der Waals surface area contributed by atoms with Crippen molar-refractivity contribution in [1.82, 2.24) is 39.8 Å². The first-order valence-electron chi connectivity index (χ1n) is 23.0. The Balaban J connectivity index is 0.777. The molecule has 2 saturated heterocycles. The summed E-state index contributed by atoms with van der Waals surface area (Å²) in [6.07, 6.45) is 7.96. The third-order valence-electron chi connectivity index (χ3n) is 14.7. The van der Waals surface area contributed by atoms with Crippen LogP contribution in [0, 0.1) is 28.1 Å². The molecule has 7 heterocycles. The highest BCUT2D eigenvalue weighted by Crippen LogP contribution is 2.55. The average Bonchev–Trinajstić information content (AvgIpc) is 3.68. The molecule has 17 heteroatoms. The van der Waals surface area contributed by atoms with Crippen molar-refractivity contribution >= 4 is 40.9 Å². The zero-order valence-corrected chi connectivity index (χ0v) is 38.6. The number of carbonyl (C=O) groups is 2. The van der Waals surface area contributed by atoms with Crippen LogP contribution in [0.25, 0.3) is 0 Å². The number of piperidine rings is 2. The van der Waals surface area contributed by atoms with E-state index in [0.717, 1.165) is 94.0 Å². The fourth-order valence-electron chi connectivity index (χ4n) is 11.4. The van der Waals surface area contributed by atoms with E-state index in [1.165, 1.54) is 6.20 Å². The van der Waals surface area contributed by atoms with Crippen LogP contribution in [-0.2, 0) is 24.2 Å². The largest absolute Gasteiger partial charge is 0.489 e. The summed E-state index contributed by atoms with van der Waals surface area (Å²) in [5.74, 6) is 2.33. The number of hydrogen-bond donors (Lipinski definition) is 1. The number of anilines is 3. The molecule has 5 aliphatic rings. The van der Waals surface area contributed by atoms with Gasteiger partial charge in [0.1, 0.15) is 17.9 Å². The quantitative estimate of drug-likeness (QED) is 0.167. The van der Waals surface area contributed by atoms with E-state index in [4.69, 9.17) is 21.4 Å². The fraction of sp³-hybridized carbons (Fsp3) is 0.562. The maximum Gasteiger partial charge on any atom is 0.265 e. The second-order valence-corrected chi connectivity index (χ2v) is 20.1. The standard InChI is InChI=1S/C48H58ClF2N11O3/c1-29(63)60-20-14-39-36(28-60)42(61-15-6-7-38-40(61)21-32(24-53-38)41(50)51)57-62(39)34-12-16-58(17-13-34)27-30-10-18-59(19-11-30)46-54-25-33(26-55-46)43(64)56-44-47(2,3)45(48(44,4)5)65-35-9-8-31(23-52)37(49)22-35/h8-9,21-22,24-26,30,34,41,44-45H,6-7,10-20,27-28H2,1-5H3,(H,56,64). The molecule has 0 unspecified atom stereocenters. The highest BCUT2D eigenvalue weighted by atomic mass is 35.5. The van der Waals surface area contributed by atoms with Gasteiger partial charge >= 0.3 is 0 Å². The number of nitriles is 1. The highest BCUT2D eigenvalue weighted by molar-refractivity contribution is 6.31. The molecule has 1 saturated carbocycles. The van der Waals surface area contributed by atoms with Crippen molar-refractivity contribution in [2.75, 3.05) is 55.6 Å². The van der Waals surface area contributed by atoms with Gasteiger partial charge < -0.3 is 29.7 Å². The van der Waals surface area contributed by atoms with Crippen LogP contribution >= 0.6 is 11.6 Å². The summed E-state index contributed by atoms with van der Waals surface area (Å²) in [5, 5.41) is 18.1. The summed E-state index contributed by atoms with van der Waals surface area (Å²) >= 11 is 6.26. The van der Waals surface area contributed by atoms with E-state index in [0.29, 0.717) is 65.5 Å². The van der Waals surface area contributed by atoms with Gasteiger partial charge in [0.25, 0.3) is 12.3 Å². The summed E-state index contributed by atoms with van der Waals surface area (Å²) in [5.41, 5.74) is 3.60. The monoisotopic (exact) mass is 909 g/mol. The number of aryl methyl sites for hydroxylation is 1. The third kappa shape index (κ3) is 8.62. The van der Waals surface area contributed by atoms with Crippen LogP contribution in [0.15, 0.2) is 42.9 Å². The lowest BCUT2D eigenvalue weighted by Gasteiger charge is -2.63. The molecular weight excluding hydrogens is 852 g/mol. The van der Waals surface area contributed by atoms with Crippen LogP contribution in [0.1, 0.15) is 118 Å². The number of halogens is 3. The lowest BCUT2D eigenvalue weighted by Crippen LogP contribution is -2.74. The highest BCUT2D eigenvalue weighted by Gasteiger charge is 2.64. The first-order chi connectivity index (χ1) is 31.1. The molecule has 14 nitrogen and oxygen atoms in total. The Hall–Kier alpha value is -5.40. The summed E-state index contributed by atoms with van der Waals surface area (Å²) in [4.78, 5) is 48.5. The smallest absolute Gasteiger partial charge is 0.265 e. The summed E-state index contributed by atoms with van der Waals surface area (Å²) in [6, 6.07) is 8.74. The van der Waals surface area contributed by atoms with Crippen molar-refractivity contribution in [3.05, 3.63) is 81.5 Å². The predicted octanol–water partition coefficient (Wildman–Crippen LogP) is 7.69. The molecule has 1 aliphatic carbocycles. The van der Waals surface area contributed by atoms with Crippen LogP contribution in [0.5, 0.6) is 5.75 Å². The molecular formula is C48H58ClF2N11O3. The second kappa shape index (κ2) is 17.8. The number of hydrogen-bond acceptors (Lipinski definition) is 11. The Bertz CT molecular complexity index is 2460. The normalized spacial score (nSPS) is 22.2. The fourth-order valence-corrected chi connectivity index (χ4v) is 11.7. The molecule has 1 aromatic carbocycles. The van der Waals surface area contributed by atoms with E-state index in [1.54, 1.807) is 43.6 Å². The first kappa shape index (κ1) is 44.8. The number of carbonyl (C=O) groups excluding carboxylic acids is 2. The van der Waals surface area contributed by atoms with Crippen molar-refractivity contribution in [3.8, 4) is 11.8 Å². The number of benzene rings is 1. The number of nitrogens with zero attached hydrogens (tertiary/aromatic N) is 10. The third-order valence-corrected chi connectivity index (χ3v) is 15.0. The molecule has 0 spiro atoms. The number of alkyl halides is 2.